The van der Waals surface area contributed by atoms with Gasteiger partial charge in [0.05, 0.1) is 13.2 Å². The molecule has 0 amide bonds. The summed E-state index contributed by atoms with van der Waals surface area (Å²) >= 11 is 0. The Labute approximate surface area is 61.1 Å². The van der Waals surface area contributed by atoms with Gasteiger partial charge in [0.1, 0.15) is 5.60 Å². The second kappa shape index (κ2) is 6.95. The number of hydrogen-bond acceptors (Lipinski definition) is 4. The molecular formula is C6H16O4. The summed E-state index contributed by atoms with van der Waals surface area (Å²) in [4.78, 5) is 0. The minimum Gasteiger partial charge on any atom is -0.393 e. The van der Waals surface area contributed by atoms with Crippen molar-refractivity contribution in [2.45, 2.75) is 12.5 Å². The summed E-state index contributed by atoms with van der Waals surface area (Å²) in [6.07, 6.45) is 0. The molecule has 0 heterocycles. The first-order chi connectivity index (χ1) is 4.54. The van der Waals surface area contributed by atoms with Crippen molar-refractivity contribution in [3.05, 3.63) is 0 Å². The molecule has 4 nitrogen and oxygen atoms in total. The maximum absolute atomic E-state index is 8.63. The Bertz CT molecular complexity index is 56.8. The Morgan fingerprint density at radius 3 is 1.40 bits per heavy atom. The van der Waals surface area contributed by atoms with Crippen molar-refractivity contribution in [2.75, 3.05) is 27.4 Å². The van der Waals surface area contributed by atoms with E-state index < -0.39 is 18.8 Å². The summed E-state index contributed by atoms with van der Waals surface area (Å²) in [5.41, 5.74) is -1.31. The number of rotatable bonds is 2. The first-order valence-electron chi connectivity index (χ1n) is 2.88. The van der Waals surface area contributed by atoms with E-state index in [1.54, 1.807) is 14.2 Å². The number of ether oxygens (including phenoxy) is 1. The molecular weight excluding hydrogens is 136 g/mol. The molecule has 0 atom stereocenters. The van der Waals surface area contributed by atoms with E-state index in [4.69, 9.17) is 15.3 Å². The van der Waals surface area contributed by atoms with Gasteiger partial charge in [-0.2, -0.15) is 0 Å². The lowest BCUT2D eigenvalue weighted by atomic mass is 10.1. The van der Waals surface area contributed by atoms with Crippen molar-refractivity contribution < 1.29 is 20.1 Å². The largest absolute Gasteiger partial charge is 0.393 e. The smallest absolute Gasteiger partial charge is 0.108 e. The van der Waals surface area contributed by atoms with Gasteiger partial charge in [-0.3, -0.25) is 0 Å². The second-order valence-electron chi connectivity index (χ2n) is 2.22. The summed E-state index contributed by atoms with van der Waals surface area (Å²) in [5.74, 6) is 0. The highest BCUT2D eigenvalue weighted by Crippen LogP contribution is 1.96. The number of aliphatic hydroxyl groups excluding tert-OH is 2. The fourth-order valence-electron chi connectivity index (χ4n) is 0.0500. The maximum atomic E-state index is 8.63. The summed E-state index contributed by atoms with van der Waals surface area (Å²) < 4.78 is 4.25. The molecule has 0 fully saturated rings. The predicted octanol–water partition coefficient (Wildman–Crippen LogP) is -1.02. The molecule has 0 aliphatic carbocycles. The molecule has 0 aromatic heterocycles. The average molecular weight is 152 g/mol. The molecule has 0 aromatic rings. The van der Waals surface area contributed by atoms with E-state index in [9.17, 15) is 0 Å². The van der Waals surface area contributed by atoms with Gasteiger partial charge in [-0.25, -0.2) is 0 Å². The summed E-state index contributed by atoms with van der Waals surface area (Å²) in [7, 11) is 3.25. The Morgan fingerprint density at radius 1 is 1.20 bits per heavy atom. The molecule has 0 aromatic carbocycles. The third-order valence-electron chi connectivity index (χ3n) is 0.681. The predicted molar refractivity (Wildman–Crippen MR) is 37.7 cm³/mol. The van der Waals surface area contributed by atoms with E-state index in [0.717, 1.165) is 0 Å². The van der Waals surface area contributed by atoms with Crippen molar-refractivity contribution >= 4 is 0 Å². The first kappa shape index (κ1) is 12.5. The normalized spacial score (nSPS) is 10.2. The van der Waals surface area contributed by atoms with Crippen molar-refractivity contribution in [3.8, 4) is 0 Å². The van der Waals surface area contributed by atoms with Crippen LogP contribution < -0.4 is 0 Å². The van der Waals surface area contributed by atoms with E-state index in [1.807, 2.05) is 0 Å². The molecule has 0 aliphatic rings. The highest BCUT2D eigenvalue weighted by molar-refractivity contribution is 4.67. The molecule has 0 saturated carbocycles. The lowest BCUT2D eigenvalue weighted by molar-refractivity contribution is -0.0399. The number of aliphatic hydroxyl groups is 3. The summed E-state index contributed by atoms with van der Waals surface area (Å²) in [6.45, 7) is 0.556. The van der Waals surface area contributed by atoms with Crippen LogP contribution in [0.3, 0.4) is 0 Å². The highest BCUT2D eigenvalue weighted by atomic mass is 16.4. The van der Waals surface area contributed by atoms with Gasteiger partial charge in [-0.15, -0.1) is 0 Å². The van der Waals surface area contributed by atoms with E-state index in [2.05, 4.69) is 4.74 Å². The third kappa shape index (κ3) is 10.8. The molecule has 10 heavy (non-hydrogen) atoms. The van der Waals surface area contributed by atoms with Gasteiger partial charge in [0, 0.05) is 14.2 Å². The van der Waals surface area contributed by atoms with Gasteiger partial charge < -0.3 is 20.1 Å². The Hall–Kier alpha value is -0.160. The molecule has 64 valence electrons. The molecule has 0 saturated heterocycles. The van der Waals surface area contributed by atoms with Gasteiger partial charge >= 0.3 is 0 Å². The monoisotopic (exact) mass is 152 g/mol. The molecule has 0 unspecified atom stereocenters. The minimum absolute atomic E-state index is 0.399. The quantitative estimate of drug-likeness (QED) is 0.474. The van der Waals surface area contributed by atoms with Gasteiger partial charge in [-0.1, -0.05) is 0 Å². The molecule has 0 rings (SSSR count). The molecule has 0 bridgehead atoms. The topological polar surface area (TPSA) is 69.9 Å². The number of methoxy groups -OCH3 is 1. The molecule has 4 heteroatoms. The minimum atomic E-state index is -1.31. The lowest BCUT2D eigenvalue weighted by Crippen LogP contribution is -2.33. The second-order valence-corrected chi connectivity index (χ2v) is 2.22. The molecule has 0 aliphatic heterocycles. The maximum Gasteiger partial charge on any atom is 0.108 e. The van der Waals surface area contributed by atoms with Crippen LogP contribution in [-0.2, 0) is 4.74 Å². The zero-order valence-corrected chi connectivity index (χ0v) is 6.66. The van der Waals surface area contributed by atoms with Crippen LogP contribution in [-0.4, -0.2) is 48.4 Å². The summed E-state index contributed by atoms with van der Waals surface area (Å²) in [6, 6.07) is 0. The zero-order chi connectivity index (χ0) is 8.62. The first-order valence-corrected chi connectivity index (χ1v) is 2.88. The highest BCUT2D eigenvalue weighted by Gasteiger charge is 2.15. The van der Waals surface area contributed by atoms with Crippen molar-refractivity contribution in [1.29, 1.82) is 0 Å². The fraction of sp³-hybridized carbons (Fsp3) is 1.00. The SMILES string of the molecule is CC(O)(CO)CO.COC. The van der Waals surface area contributed by atoms with E-state index in [-0.39, 0.29) is 0 Å². The van der Waals surface area contributed by atoms with Crippen LogP contribution in [0.15, 0.2) is 0 Å². The van der Waals surface area contributed by atoms with Crippen LogP contribution >= 0.6 is 0 Å². The zero-order valence-electron chi connectivity index (χ0n) is 6.66. The van der Waals surface area contributed by atoms with Crippen LogP contribution in [0.1, 0.15) is 6.92 Å². The Kier molecular flexibility index (Phi) is 8.70. The molecule has 0 radical (unpaired) electrons. The van der Waals surface area contributed by atoms with Crippen LogP contribution in [0.4, 0.5) is 0 Å². The van der Waals surface area contributed by atoms with Crippen molar-refractivity contribution in [1.82, 2.24) is 0 Å². The van der Waals surface area contributed by atoms with E-state index in [1.165, 1.54) is 6.92 Å². The van der Waals surface area contributed by atoms with Crippen LogP contribution in [0.25, 0.3) is 0 Å². The van der Waals surface area contributed by atoms with Crippen molar-refractivity contribution in [3.63, 3.8) is 0 Å². The standard InChI is InChI=1S/C4H10O3.C2H6O/c1-4(7,2-5)3-6;1-3-2/h5-7H,2-3H2,1H3;1-2H3. The molecule has 3 N–H and O–H groups in total. The summed E-state index contributed by atoms with van der Waals surface area (Å²) in [5, 5.41) is 25.0. The van der Waals surface area contributed by atoms with E-state index >= 15 is 0 Å². The third-order valence-corrected chi connectivity index (χ3v) is 0.681. The van der Waals surface area contributed by atoms with Crippen LogP contribution in [0.2, 0.25) is 0 Å². The average Bonchev–Trinajstić information content (AvgIpc) is 1.90. The van der Waals surface area contributed by atoms with Gasteiger partial charge in [0.2, 0.25) is 0 Å². The van der Waals surface area contributed by atoms with Crippen LogP contribution in [0.5, 0.6) is 0 Å². The molecule has 0 spiro atoms. The van der Waals surface area contributed by atoms with E-state index in [0.29, 0.717) is 0 Å². The fourth-order valence-corrected chi connectivity index (χ4v) is 0.0500. The van der Waals surface area contributed by atoms with Crippen LogP contribution in [0, 0.1) is 0 Å². The van der Waals surface area contributed by atoms with Gasteiger partial charge in [0.25, 0.3) is 0 Å². The number of hydrogen-bond donors (Lipinski definition) is 3. The Morgan fingerprint density at radius 2 is 1.40 bits per heavy atom. The van der Waals surface area contributed by atoms with Gasteiger partial charge in [-0.05, 0) is 6.92 Å². The van der Waals surface area contributed by atoms with Gasteiger partial charge in [0.15, 0.2) is 0 Å². The Balaban J connectivity index is 0. The lowest BCUT2D eigenvalue weighted by Gasteiger charge is -2.14. The van der Waals surface area contributed by atoms with Crippen molar-refractivity contribution in [2.24, 2.45) is 0 Å².